The maximum atomic E-state index is 14.1. The summed E-state index contributed by atoms with van der Waals surface area (Å²) in [5.41, 5.74) is 1.94. The maximum Gasteiger partial charge on any atom is 0.247 e. The summed E-state index contributed by atoms with van der Waals surface area (Å²) in [4.78, 5) is 29.7. The van der Waals surface area contributed by atoms with Crippen LogP contribution >= 0.6 is 0 Å². The number of phenolic OH excluding ortho intramolecular Hbond substituents is 2. The van der Waals surface area contributed by atoms with Crippen molar-refractivity contribution in [3.63, 3.8) is 0 Å². The van der Waals surface area contributed by atoms with E-state index in [-0.39, 0.29) is 41.9 Å². The highest BCUT2D eigenvalue weighted by molar-refractivity contribution is 5.89. The quantitative estimate of drug-likeness (QED) is 0.414. The first-order valence-electron chi connectivity index (χ1n) is 13.4. The maximum absolute atomic E-state index is 14.1. The second-order valence-electron chi connectivity index (χ2n) is 10.3. The number of fused-ring (bicyclic) bond motifs is 1. The zero-order chi connectivity index (χ0) is 25.8. The van der Waals surface area contributed by atoms with Crippen molar-refractivity contribution in [2.75, 3.05) is 0 Å². The molecule has 0 saturated heterocycles. The third-order valence-corrected chi connectivity index (χ3v) is 7.75. The second kappa shape index (κ2) is 11.2. The highest BCUT2D eigenvalue weighted by Gasteiger charge is 2.38. The van der Waals surface area contributed by atoms with Crippen molar-refractivity contribution >= 4 is 22.8 Å². The van der Waals surface area contributed by atoms with Crippen molar-refractivity contribution < 1.29 is 19.8 Å². The highest BCUT2D eigenvalue weighted by atomic mass is 16.3. The minimum Gasteiger partial charge on any atom is -0.504 e. The SMILES string of the molecule is O=C(NC1CCCCC1)[C@H](c1ccc(O)c(O)c1)N(C(=O)Cn1nnc2ccccc21)C1CCCCC1. The average molecular weight is 506 g/mol. The Morgan fingerprint density at radius 3 is 2.38 bits per heavy atom. The Morgan fingerprint density at radius 2 is 1.65 bits per heavy atom. The summed E-state index contributed by atoms with van der Waals surface area (Å²) in [5.74, 6) is -1.05. The largest absolute Gasteiger partial charge is 0.504 e. The number of benzene rings is 2. The van der Waals surface area contributed by atoms with E-state index in [0.717, 1.165) is 63.3 Å². The van der Waals surface area contributed by atoms with E-state index < -0.39 is 6.04 Å². The normalized spacial score (nSPS) is 17.9. The van der Waals surface area contributed by atoms with Gasteiger partial charge in [0.15, 0.2) is 11.5 Å². The molecule has 2 saturated carbocycles. The lowest BCUT2D eigenvalue weighted by Crippen LogP contribution is -2.52. The van der Waals surface area contributed by atoms with Gasteiger partial charge in [-0.05, 0) is 55.5 Å². The molecule has 0 spiro atoms. The van der Waals surface area contributed by atoms with Gasteiger partial charge in [0.05, 0.1) is 5.52 Å². The van der Waals surface area contributed by atoms with E-state index in [1.165, 1.54) is 18.6 Å². The Kier molecular flexibility index (Phi) is 7.58. The number of hydrogen-bond acceptors (Lipinski definition) is 6. The Labute approximate surface area is 216 Å². The molecular formula is C28H35N5O4. The molecule has 2 aliphatic carbocycles. The van der Waals surface area contributed by atoms with Gasteiger partial charge < -0.3 is 20.4 Å². The molecule has 1 atom stereocenters. The fourth-order valence-corrected chi connectivity index (χ4v) is 5.84. The van der Waals surface area contributed by atoms with Crippen molar-refractivity contribution in [1.29, 1.82) is 0 Å². The molecule has 3 N–H and O–H groups in total. The molecule has 9 nitrogen and oxygen atoms in total. The molecule has 5 rings (SSSR count). The minimum absolute atomic E-state index is 0.0473. The lowest BCUT2D eigenvalue weighted by Gasteiger charge is -2.40. The predicted molar refractivity (Wildman–Crippen MR) is 139 cm³/mol. The van der Waals surface area contributed by atoms with Gasteiger partial charge >= 0.3 is 0 Å². The van der Waals surface area contributed by atoms with E-state index in [4.69, 9.17) is 0 Å². The Balaban J connectivity index is 1.52. The van der Waals surface area contributed by atoms with Gasteiger partial charge in [0, 0.05) is 12.1 Å². The van der Waals surface area contributed by atoms with Gasteiger partial charge in [0.1, 0.15) is 18.1 Å². The molecule has 0 radical (unpaired) electrons. The number of para-hydroxylation sites is 1. The predicted octanol–water partition coefficient (Wildman–Crippen LogP) is 4.19. The summed E-state index contributed by atoms with van der Waals surface area (Å²) < 4.78 is 1.58. The van der Waals surface area contributed by atoms with Crippen LogP contribution in [0.3, 0.4) is 0 Å². The van der Waals surface area contributed by atoms with Gasteiger partial charge in [0.25, 0.3) is 0 Å². The van der Waals surface area contributed by atoms with Gasteiger partial charge in [0.2, 0.25) is 11.8 Å². The molecular weight excluding hydrogens is 470 g/mol. The summed E-state index contributed by atoms with van der Waals surface area (Å²) in [6.07, 6.45) is 9.83. The number of carbonyl (C=O) groups excluding carboxylic acids is 2. The van der Waals surface area contributed by atoms with Gasteiger partial charge in [-0.15, -0.1) is 5.10 Å². The summed E-state index contributed by atoms with van der Waals surface area (Å²) in [5, 5.41) is 31.8. The molecule has 1 aromatic heterocycles. The van der Waals surface area contributed by atoms with E-state index in [1.807, 2.05) is 24.3 Å². The average Bonchev–Trinajstić information content (AvgIpc) is 3.32. The van der Waals surface area contributed by atoms with E-state index in [1.54, 1.807) is 15.6 Å². The molecule has 3 aromatic rings. The van der Waals surface area contributed by atoms with Gasteiger partial charge in [-0.25, -0.2) is 4.68 Å². The number of rotatable bonds is 7. The fraction of sp³-hybridized carbons (Fsp3) is 0.500. The number of phenols is 2. The first-order chi connectivity index (χ1) is 18.0. The summed E-state index contributed by atoms with van der Waals surface area (Å²) in [6.45, 7) is -0.0473. The molecule has 196 valence electrons. The molecule has 0 unspecified atom stereocenters. The van der Waals surface area contributed by atoms with Gasteiger partial charge in [-0.3, -0.25) is 9.59 Å². The molecule has 1 heterocycles. The molecule has 2 amide bonds. The molecule has 2 aromatic carbocycles. The molecule has 0 aliphatic heterocycles. The van der Waals surface area contributed by atoms with Crippen LogP contribution < -0.4 is 5.32 Å². The molecule has 37 heavy (non-hydrogen) atoms. The third kappa shape index (κ3) is 5.55. The van der Waals surface area contributed by atoms with Crippen LogP contribution in [0.4, 0.5) is 0 Å². The standard InChI is InChI=1S/C28H35N5O4/c34-24-16-15-19(17-25(24)35)27(28(37)29-20-9-3-1-4-10-20)33(21-11-5-2-6-12-21)26(36)18-32-23-14-8-7-13-22(23)30-31-32/h7-8,13-17,20-21,27,34-35H,1-6,9-12,18H2,(H,29,37)/t27-/m0/s1. The minimum atomic E-state index is -0.932. The van der Waals surface area contributed by atoms with Crippen LogP contribution in [0.5, 0.6) is 11.5 Å². The van der Waals surface area contributed by atoms with E-state index >= 15 is 0 Å². The van der Waals surface area contributed by atoms with Crippen molar-refractivity contribution in [2.24, 2.45) is 0 Å². The number of amides is 2. The van der Waals surface area contributed by atoms with Crippen molar-refractivity contribution in [3.05, 3.63) is 48.0 Å². The third-order valence-electron chi connectivity index (χ3n) is 7.75. The monoisotopic (exact) mass is 505 g/mol. The van der Waals surface area contributed by atoms with Crippen LogP contribution in [-0.2, 0) is 16.1 Å². The van der Waals surface area contributed by atoms with E-state index in [2.05, 4.69) is 15.6 Å². The number of aromatic hydroxyl groups is 2. The van der Waals surface area contributed by atoms with E-state index in [0.29, 0.717) is 11.1 Å². The number of nitrogens with zero attached hydrogens (tertiary/aromatic N) is 4. The lowest BCUT2D eigenvalue weighted by molar-refractivity contribution is -0.145. The fourth-order valence-electron chi connectivity index (χ4n) is 5.84. The van der Waals surface area contributed by atoms with Gasteiger partial charge in [-0.1, -0.05) is 61.9 Å². The zero-order valence-corrected chi connectivity index (χ0v) is 21.1. The number of carbonyl (C=O) groups is 2. The first kappa shape index (κ1) is 25.0. The van der Waals surface area contributed by atoms with E-state index in [9.17, 15) is 19.8 Å². The smallest absolute Gasteiger partial charge is 0.247 e. The number of nitrogens with one attached hydrogen (secondary N) is 1. The Morgan fingerprint density at radius 1 is 0.946 bits per heavy atom. The summed E-state index contributed by atoms with van der Waals surface area (Å²) in [6, 6.07) is 10.9. The summed E-state index contributed by atoms with van der Waals surface area (Å²) >= 11 is 0. The Hall–Kier alpha value is -3.62. The van der Waals surface area contributed by atoms with Crippen LogP contribution in [0.15, 0.2) is 42.5 Å². The van der Waals surface area contributed by atoms with Gasteiger partial charge in [-0.2, -0.15) is 0 Å². The summed E-state index contributed by atoms with van der Waals surface area (Å²) in [7, 11) is 0. The Bertz CT molecular complexity index is 1250. The highest BCUT2D eigenvalue weighted by Crippen LogP contribution is 2.35. The van der Waals surface area contributed by atoms with Crippen molar-refractivity contribution in [3.8, 4) is 11.5 Å². The first-order valence-corrected chi connectivity index (χ1v) is 13.4. The molecule has 2 fully saturated rings. The lowest BCUT2D eigenvalue weighted by atomic mass is 9.90. The van der Waals surface area contributed by atoms with Crippen LogP contribution in [-0.4, -0.2) is 54.0 Å². The van der Waals surface area contributed by atoms with Crippen LogP contribution in [0.1, 0.15) is 75.8 Å². The number of aromatic nitrogens is 3. The van der Waals surface area contributed by atoms with Crippen molar-refractivity contribution in [2.45, 2.75) is 88.9 Å². The van der Waals surface area contributed by atoms with Crippen LogP contribution in [0.2, 0.25) is 0 Å². The second-order valence-corrected chi connectivity index (χ2v) is 10.3. The topological polar surface area (TPSA) is 121 Å². The van der Waals surface area contributed by atoms with Crippen LogP contribution in [0.25, 0.3) is 11.0 Å². The van der Waals surface area contributed by atoms with Crippen LogP contribution in [0, 0.1) is 0 Å². The number of hydrogen-bond donors (Lipinski definition) is 3. The van der Waals surface area contributed by atoms with Crippen molar-refractivity contribution in [1.82, 2.24) is 25.2 Å². The molecule has 9 heteroatoms. The molecule has 2 aliphatic rings. The zero-order valence-electron chi connectivity index (χ0n) is 21.1. The molecule has 0 bridgehead atoms.